The van der Waals surface area contributed by atoms with Gasteiger partial charge in [-0.25, -0.2) is 0 Å². The van der Waals surface area contributed by atoms with Gasteiger partial charge in [0.05, 0.1) is 0 Å². The maximum Gasteiger partial charge on any atom is 0.0345 e. The number of thiophene rings is 1. The smallest absolute Gasteiger partial charge is 0.0345 e. The van der Waals surface area contributed by atoms with Crippen LogP contribution in [0.5, 0.6) is 0 Å². The Hall–Kier alpha value is -0.820. The third-order valence-corrected chi connectivity index (χ3v) is 4.05. The van der Waals surface area contributed by atoms with Crippen molar-refractivity contribution in [2.45, 2.75) is 33.1 Å². The minimum absolute atomic E-state index is 0.679. The fourth-order valence-electron chi connectivity index (χ4n) is 1.72. The van der Waals surface area contributed by atoms with Crippen molar-refractivity contribution in [2.24, 2.45) is 0 Å². The summed E-state index contributed by atoms with van der Waals surface area (Å²) in [5.74, 6) is 0.679. The quantitative estimate of drug-likeness (QED) is 0.663. The minimum atomic E-state index is 0.679. The minimum Gasteiger partial charge on any atom is -0.144 e. The summed E-state index contributed by atoms with van der Waals surface area (Å²) in [4.78, 5) is 0. The highest BCUT2D eigenvalue weighted by atomic mass is 32.1. The first kappa shape index (κ1) is 9.72. The molecule has 14 heavy (non-hydrogen) atoms. The third kappa shape index (κ3) is 1.57. The first-order valence-corrected chi connectivity index (χ1v) is 6.08. The van der Waals surface area contributed by atoms with E-state index in [0.29, 0.717) is 5.92 Å². The normalized spacial score (nSPS) is 13.4. The number of rotatable bonds is 2. The van der Waals surface area contributed by atoms with E-state index in [2.05, 4.69) is 44.4 Å². The summed E-state index contributed by atoms with van der Waals surface area (Å²) in [5.41, 5.74) is 2.89. The Kier molecular flexibility index (Phi) is 2.60. The molecule has 0 aliphatic carbocycles. The van der Waals surface area contributed by atoms with Crippen molar-refractivity contribution in [3.05, 3.63) is 34.7 Å². The van der Waals surface area contributed by atoms with Crippen molar-refractivity contribution in [3.63, 3.8) is 0 Å². The molecule has 0 aliphatic rings. The molecule has 0 N–H and O–H groups in total. The van der Waals surface area contributed by atoms with Crippen LogP contribution in [0.25, 0.3) is 10.1 Å². The maximum absolute atomic E-state index is 2.36. The van der Waals surface area contributed by atoms with E-state index in [4.69, 9.17) is 0 Å². The van der Waals surface area contributed by atoms with E-state index in [1.165, 1.54) is 27.6 Å². The molecule has 0 radical (unpaired) electrons. The van der Waals surface area contributed by atoms with Gasteiger partial charge in [0, 0.05) is 4.70 Å². The van der Waals surface area contributed by atoms with Crippen LogP contribution < -0.4 is 0 Å². The molecule has 74 valence electrons. The summed E-state index contributed by atoms with van der Waals surface area (Å²) >= 11 is 1.84. The first-order valence-electron chi connectivity index (χ1n) is 5.20. The highest BCUT2D eigenvalue weighted by Crippen LogP contribution is 2.29. The molecule has 1 aromatic carbocycles. The van der Waals surface area contributed by atoms with Gasteiger partial charge in [-0.15, -0.1) is 11.3 Å². The summed E-state index contributed by atoms with van der Waals surface area (Å²) in [6.07, 6.45) is 1.22. The molecule has 0 amide bonds. The monoisotopic (exact) mass is 204 g/mol. The first-order chi connectivity index (χ1) is 6.72. The lowest BCUT2D eigenvalue weighted by Gasteiger charge is -2.08. The lowest BCUT2D eigenvalue weighted by Crippen LogP contribution is -1.90. The van der Waals surface area contributed by atoms with Crippen LogP contribution in [-0.4, -0.2) is 0 Å². The SMILES string of the molecule is CCC(C)c1ccc2scc(C)c2c1. The molecular weight excluding hydrogens is 188 g/mol. The number of hydrogen-bond acceptors (Lipinski definition) is 1. The lowest BCUT2D eigenvalue weighted by molar-refractivity contribution is 0.735. The summed E-state index contributed by atoms with van der Waals surface area (Å²) < 4.78 is 1.41. The molecule has 0 aliphatic heterocycles. The van der Waals surface area contributed by atoms with E-state index in [9.17, 15) is 0 Å². The van der Waals surface area contributed by atoms with Crippen LogP contribution >= 0.6 is 11.3 Å². The van der Waals surface area contributed by atoms with Crippen LogP contribution in [0.15, 0.2) is 23.6 Å². The molecule has 1 heterocycles. The molecule has 0 saturated heterocycles. The lowest BCUT2D eigenvalue weighted by atomic mass is 9.97. The van der Waals surface area contributed by atoms with Crippen molar-refractivity contribution < 1.29 is 0 Å². The number of benzene rings is 1. The largest absolute Gasteiger partial charge is 0.144 e. The van der Waals surface area contributed by atoms with Crippen molar-refractivity contribution >= 4 is 21.4 Å². The second-order valence-corrected chi connectivity index (χ2v) is 4.89. The number of fused-ring (bicyclic) bond motifs is 1. The molecule has 1 aromatic heterocycles. The average Bonchev–Trinajstić information content (AvgIpc) is 2.59. The van der Waals surface area contributed by atoms with Gasteiger partial charge in [0.1, 0.15) is 0 Å². The second-order valence-electron chi connectivity index (χ2n) is 3.98. The standard InChI is InChI=1S/C13H16S/c1-4-9(2)11-5-6-13-12(7-11)10(3)8-14-13/h5-9H,4H2,1-3H3. The van der Waals surface area contributed by atoms with Crippen LogP contribution in [0.1, 0.15) is 37.3 Å². The van der Waals surface area contributed by atoms with E-state index in [-0.39, 0.29) is 0 Å². The van der Waals surface area contributed by atoms with Gasteiger partial charge >= 0.3 is 0 Å². The van der Waals surface area contributed by atoms with Crippen LogP contribution in [0, 0.1) is 6.92 Å². The Morgan fingerprint density at radius 1 is 1.36 bits per heavy atom. The molecule has 0 fully saturated rings. The molecular formula is C13H16S. The third-order valence-electron chi connectivity index (χ3n) is 2.97. The molecule has 0 bridgehead atoms. The van der Waals surface area contributed by atoms with Gasteiger partial charge in [-0.2, -0.15) is 0 Å². The molecule has 2 aromatic rings. The maximum atomic E-state index is 2.36. The van der Waals surface area contributed by atoms with E-state index in [1.54, 1.807) is 0 Å². The molecule has 0 nitrogen and oxygen atoms in total. The zero-order valence-electron chi connectivity index (χ0n) is 9.00. The zero-order chi connectivity index (χ0) is 10.1. The molecule has 0 saturated carbocycles. The number of aryl methyl sites for hydroxylation is 1. The summed E-state index contributed by atoms with van der Waals surface area (Å²) in [6.45, 7) is 6.73. The molecule has 0 spiro atoms. The van der Waals surface area contributed by atoms with E-state index >= 15 is 0 Å². The zero-order valence-corrected chi connectivity index (χ0v) is 9.82. The van der Waals surface area contributed by atoms with Crippen molar-refractivity contribution in [3.8, 4) is 0 Å². The number of hydrogen-bond donors (Lipinski definition) is 0. The van der Waals surface area contributed by atoms with E-state index < -0.39 is 0 Å². The van der Waals surface area contributed by atoms with Crippen LogP contribution in [0.2, 0.25) is 0 Å². The Balaban J connectivity index is 2.54. The van der Waals surface area contributed by atoms with E-state index in [1.807, 2.05) is 11.3 Å². The highest BCUT2D eigenvalue weighted by Gasteiger charge is 2.05. The van der Waals surface area contributed by atoms with Crippen molar-refractivity contribution in [2.75, 3.05) is 0 Å². The predicted octanol–water partition coefficient (Wildman–Crippen LogP) is 4.72. The highest BCUT2D eigenvalue weighted by molar-refractivity contribution is 7.17. The van der Waals surface area contributed by atoms with Gasteiger partial charge in [-0.3, -0.25) is 0 Å². The van der Waals surface area contributed by atoms with E-state index in [0.717, 1.165) is 0 Å². The second kappa shape index (κ2) is 3.74. The van der Waals surface area contributed by atoms with Gasteiger partial charge in [0.15, 0.2) is 0 Å². The molecule has 1 heteroatoms. The Bertz CT molecular complexity index is 439. The topological polar surface area (TPSA) is 0 Å². The molecule has 1 atom stereocenters. The van der Waals surface area contributed by atoms with Crippen molar-refractivity contribution in [1.29, 1.82) is 0 Å². The average molecular weight is 204 g/mol. The predicted molar refractivity (Wildman–Crippen MR) is 65.3 cm³/mol. The van der Waals surface area contributed by atoms with Crippen LogP contribution in [0.4, 0.5) is 0 Å². The Morgan fingerprint density at radius 3 is 2.86 bits per heavy atom. The fraction of sp³-hybridized carbons (Fsp3) is 0.385. The Labute approximate surface area is 89.6 Å². The molecule has 1 unspecified atom stereocenters. The van der Waals surface area contributed by atoms with Gasteiger partial charge in [0.25, 0.3) is 0 Å². The van der Waals surface area contributed by atoms with Crippen molar-refractivity contribution in [1.82, 2.24) is 0 Å². The van der Waals surface area contributed by atoms with Gasteiger partial charge in [-0.05, 0) is 53.3 Å². The summed E-state index contributed by atoms with van der Waals surface area (Å²) in [5, 5.41) is 3.68. The van der Waals surface area contributed by atoms with Gasteiger partial charge < -0.3 is 0 Å². The molecule has 2 rings (SSSR count). The van der Waals surface area contributed by atoms with Crippen LogP contribution in [0.3, 0.4) is 0 Å². The summed E-state index contributed by atoms with van der Waals surface area (Å²) in [6, 6.07) is 6.89. The van der Waals surface area contributed by atoms with Gasteiger partial charge in [-0.1, -0.05) is 19.9 Å². The Morgan fingerprint density at radius 2 is 2.14 bits per heavy atom. The van der Waals surface area contributed by atoms with Gasteiger partial charge in [0.2, 0.25) is 0 Å². The van der Waals surface area contributed by atoms with Crippen LogP contribution in [-0.2, 0) is 0 Å². The summed E-state index contributed by atoms with van der Waals surface area (Å²) in [7, 11) is 0. The fourth-order valence-corrected chi connectivity index (χ4v) is 2.64.